The van der Waals surface area contributed by atoms with Crippen LogP contribution in [0.1, 0.15) is 11.4 Å². The van der Waals surface area contributed by atoms with E-state index < -0.39 is 0 Å². The van der Waals surface area contributed by atoms with Crippen molar-refractivity contribution >= 4 is 0 Å². The lowest BCUT2D eigenvalue weighted by atomic mass is 10.2. The Kier molecular flexibility index (Phi) is 2.48. The molecule has 1 aromatic heterocycles. The zero-order valence-electron chi connectivity index (χ0n) is 10.3. The molecule has 3 rings (SSSR count). The molecule has 94 valence electrons. The van der Waals surface area contributed by atoms with Gasteiger partial charge in [0.25, 0.3) is 0 Å². The maximum absolute atomic E-state index is 9.31. The van der Waals surface area contributed by atoms with E-state index in [1.165, 1.54) is 0 Å². The molecule has 5 heteroatoms. The number of imidazole rings is 1. The number of nitrogens with zero attached hydrogens (tertiary/aromatic N) is 2. The summed E-state index contributed by atoms with van der Waals surface area (Å²) in [6.45, 7) is 2.14. The molecule has 0 atom stereocenters. The Labute approximate surface area is 105 Å². The Morgan fingerprint density at radius 3 is 2.83 bits per heavy atom. The molecule has 0 spiro atoms. The van der Waals surface area contributed by atoms with E-state index in [0.29, 0.717) is 0 Å². The van der Waals surface area contributed by atoms with Gasteiger partial charge in [0.1, 0.15) is 5.82 Å². The lowest BCUT2D eigenvalue weighted by Gasteiger charge is -2.05. The highest BCUT2D eigenvalue weighted by atomic mass is 16.7. The van der Waals surface area contributed by atoms with Crippen molar-refractivity contribution in [3.63, 3.8) is 0 Å². The molecule has 1 aromatic carbocycles. The van der Waals surface area contributed by atoms with Gasteiger partial charge < -0.3 is 19.1 Å². The van der Waals surface area contributed by atoms with E-state index in [0.717, 1.165) is 34.3 Å². The second-order valence-electron chi connectivity index (χ2n) is 4.25. The van der Waals surface area contributed by atoms with Crippen molar-refractivity contribution in [3.05, 3.63) is 29.6 Å². The molecule has 18 heavy (non-hydrogen) atoms. The second kappa shape index (κ2) is 4.03. The van der Waals surface area contributed by atoms with Gasteiger partial charge >= 0.3 is 0 Å². The summed E-state index contributed by atoms with van der Waals surface area (Å²) in [5.74, 6) is 2.31. The minimum atomic E-state index is -0.0140. The minimum Gasteiger partial charge on any atom is -0.454 e. The van der Waals surface area contributed by atoms with Crippen LogP contribution in [0.5, 0.6) is 11.5 Å². The molecular weight excluding hydrogens is 232 g/mol. The van der Waals surface area contributed by atoms with Crippen LogP contribution in [0.3, 0.4) is 0 Å². The summed E-state index contributed by atoms with van der Waals surface area (Å²) < 4.78 is 12.5. The molecule has 0 fully saturated rings. The maximum atomic E-state index is 9.31. The second-order valence-corrected chi connectivity index (χ2v) is 4.25. The van der Waals surface area contributed by atoms with Crippen LogP contribution in [0.25, 0.3) is 11.4 Å². The van der Waals surface area contributed by atoms with Crippen LogP contribution >= 0.6 is 0 Å². The fourth-order valence-electron chi connectivity index (χ4n) is 2.18. The number of aliphatic hydroxyl groups excluding tert-OH is 1. The summed E-state index contributed by atoms with van der Waals surface area (Å²) in [7, 11) is 1.89. The summed E-state index contributed by atoms with van der Waals surface area (Å²) in [6.07, 6.45) is 0. The fourth-order valence-corrected chi connectivity index (χ4v) is 2.18. The lowest BCUT2D eigenvalue weighted by Crippen LogP contribution is -1.99. The van der Waals surface area contributed by atoms with E-state index in [9.17, 15) is 5.11 Å². The van der Waals surface area contributed by atoms with Gasteiger partial charge in [0, 0.05) is 12.6 Å². The largest absolute Gasteiger partial charge is 0.454 e. The van der Waals surface area contributed by atoms with Crippen molar-refractivity contribution in [2.45, 2.75) is 13.5 Å². The van der Waals surface area contributed by atoms with E-state index in [1.807, 2.05) is 36.7 Å². The molecule has 0 saturated heterocycles. The minimum absolute atomic E-state index is 0.0140. The van der Waals surface area contributed by atoms with Gasteiger partial charge in [-0.1, -0.05) is 0 Å². The van der Waals surface area contributed by atoms with E-state index >= 15 is 0 Å². The van der Waals surface area contributed by atoms with Crippen molar-refractivity contribution in [1.29, 1.82) is 0 Å². The van der Waals surface area contributed by atoms with E-state index in [2.05, 4.69) is 4.98 Å². The monoisotopic (exact) mass is 246 g/mol. The highest BCUT2D eigenvalue weighted by molar-refractivity contribution is 5.62. The third kappa shape index (κ3) is 1.55. The number of hydrogen-bond donors (Lipinski definition) is 1. The van der Waals surface area contributed by atoms with Crippen LogP contribution in [0.2, 0.25) is 0 Å². The third-order valence-corrected chi connectivity index (χ3v) is 3.19. The molecule has 1 aliphatic heterocycles. The van der Waals surface area contributed by atoms with E-state index in [-0.39, 0.29) is 13.4 Å². The van der Waals surface area contributed by atoms with Crippen LogP contribution in [-0.2, 0) is 13.7 Å². The Hall–Kier alpha value is -2.01. The molecule has 5 nitrogen and oxygen atoms in total. The maximum Gasteiger partial charge on any atom is 0.231 e. The Balaban J connectivity index is 2.10. The molecule has 0 amide bonds. The van der Waals surface area contributed by atoms with Crippen LogP contribution in [0, 0.1) is 6.92 Å². The Morgan fingerprint density at radius 1 is 1.33 bits per heavy atom. The summed E-state index contributed by atoms with van der Waals surface area (Å²) in [4.78, 5) is 4.48. The standard InChI is InChI=1S/C13H14N2O3/c1-8-10(6-16)15(2)13(14-8)9-3-4-11-12(5-9)18-7-17-11/h3-5,16H,6-7H2,1-2H3. The highest BCUT2D eigenvalue weighted by Crippen LogP contribution is 2.35. The number of ether oxygens (including phenoxy) is 2. The molecule has 0 aliphatic carbocycles. The van der Waals surface area contributed by atoms with Crippen molar-refractivity contribution in [2.24, 2.45) is 7.05 Å². The van der Waals surface area contributed by atoms with Crippen molar-refractivity contribution in [2.75, 3.05) is 6.79 Å². The number of hydrogen-bond acceptors (Lipinski definition) is 4. The quantitative estimate of drug-likeness (QED) is 0.874. The van der Waals surface area contributed by atoms with Crippen molar-refractivity contribution in [1.82, 2.24) is 9.55 Å². The van der Waals surface area contributed by atoms with Crippen molar-refractivity contribution < 1.29 is 14.6 Å². The normalized spacial score (nSPS) is 13.1. The first-order valence-corrected chi connectivity index (χ1v) is 5.74. The van der Waals surface area contributed by atoms with Gasteiger partial charge in [-0.05, 0) is 25.1 Å². The molecule has 0 radical (unpaired) electrons. The first-order valence-electron chi connectivity index (χ1n) is 5.74. The summed E-state index contributed by atoms with van der Waals surface area (Å²) in [6, 6.07) is 5.72. The highest BCUT2D eigenvalue weighted by Gasteiger charge is 2.17. The van der Waals surface area contributed by atoms with Crippen LogP contribution < -0.4 is 9.47 Å². The smallest absolute Gasteiger partial charge is 0.231 e. The van der Waals surface area contributed by atoms with Gasteiger partial charge in [0.2, 0.25) is 6.79 Å². The molecule has 0 unspecified atom stereocenters. The first-order chi connectivity index (χ1) is 8.70. The number of fused-ring (bicyclic) bond motifs is 1. The number of aromatic nitrogens is 2. The zero-order chi connectivity index (χ0) is 12.7. The van der Waals surface area contributed by atoms with Crippen molar-refractivity contribution in [3.8, 4) is 22.9 Å². The number of aliphatic hydroxyl groups is 1. The Bertz CT molecular complexity index is 605. The SMILES string of the molecule is Cc1nc(-c2ccc3c(c2)OCO3)n(C)c1CO. The zero-order valence-corrected chi connectivity index (χ0v) is 10.3. The number of benzene rings is 1. The summed E-state index contributed by atoms with van der Waals surface area (Å²) >= 11 is 0. The van der Waals surface area contributed by atoms with Gasteiger partial charge in [0.15, 0.2) is 11.5 Å². The molecule has 0 saturated carbocycles. The topological polar surface area (TPSA) is 56.5 Å². The summed E-state index contributed by atoms with van der Waals surface area (Å²) in [5, 5.41) is 9.31. The predicted octanol–water partition coefficient (Wildman–Crippen LogP) is 1.62. The van der Waals surface area contributed by atoms with Gasteiger partial charge in [-0.3, -0.25) is 0 Å². The van der Waals surface area contributed by atoms with Gasteiger partial charge in [-0.25, -0.2) is 4.98 Å². The van der Waals surface area contributed by atoms with Crippen LogP contribution in [0.15, 0.2) is 18.2 Å². The van der Waals surface area contributed by atoms with E-state index in [4.69, 9.17) is 9.47 Å². The first kappa shape index (κ1) is 11.1. The molecule has 0 bridgehead atoms. The van der Waals surface area contributed by atoms with Gasteiger partial charge in [-0.2, -0.15) is 0 Å². The molecule has 2 aromatic rings. The lowest BCUT2D eigenvalue weighted by molar-refractivity contribution is 0.174. The fraction of sp³-hybridized carbons (Fsp3) is 0.308. The van der Waals surface area contributed by atoms with Gasteiger partial charge in [-0.15, -0.1) is 0 Å². The van der Waals surface area contributed by atoms with E-state index in [1.54, 1.807) is 0 Å². The van der Waals surface area contributed by atoms with Gasteiger partial charge in [0.05, 0.1) is 18.0 Å². The summed E-state index contributed by atoms with van der Waals surface area (Å²) in [5.41, 5.74) is 2.61. The Morgan fingerprint density at radius 2 is 2.11 bits per heavy atom. The third-order valence-electron chi connectivity index (χ3n) is 3.19. The average Bonchev–Trinajstić information content (AvgIpc) is 2.93. The van der Waals surface area contributed by atoms with Crippen LogP contribution in [0.4, 0.5) is 0 Å². The average molecular weight is 246 g/mol. The number of rotatable bonds is 2. The number of aryl methyl sites for hydroxylation is 1. The molecule has 1 aliphatic rings. The molecular formula is C13H14N2O3. The molecule has 2 heterocycles. The molecule has 1 N–H and O–H groups in total. The van der Waals surface area contributed by atoms with Crippen LogP contribution in [-0.4, -0.2) is 21.5 Å². The predicted molar refractivity (Wildman–Crippen MR) is 65.4 cm³/mol.